The van der Waals surface area contributed by atoms with Gasteiger partial charge in [0.15, 0.2) is 0 Å². The number of aliphatic carboxylic acids is 1. The zero-order valence-corrected chi connectivity index (χ0v) is 11.0. The number of hydrogen-bond donors (Lipinski definition) is 1. The number of carbonyl (C=O) groups is 2. The molecule has 0 unspecified atom stereocenters. The lowest BCUT2D eigenvalue weighted by molar-refractivity contribution is -0.384. The molecular formula is C12H15N3O5. The van der Waals surface area contributed by atoms with E-state index in [-0.39, 0.29) is 30.4 Å². The number of nitrogens with zero attached hydrogens (tertiary/aromatic N) is 3. The van der Waals surface area contributed by atoms with Gasteiger partial charge in [-0.3, -0.25) is 19.7 Å². The Morgan fingerprint density at radius 3 is 2.70 bits per heavy atom. The number of nitro groups is 1. The Bertz CT molecular complexity index is 561. The van der Waals surface area contributed by atoms with E-state index in [1.54, 1.807) is 4.57 Å². The molecule has 1 aliphatic rings. The molecule has 0 atom stereocenters. The first kappa shape index (κ1) is 14.0. The molecule has 1 aromatic heterocycles. The largest absolute Gasteiger partial charge is 0.481 e. The minimum absolute atomic E-state index is 0.0673. The van der Waals surface area contributed by atoms with Gasteiger partial charge in [-0.2, -0.15) is 0 Å². The van der Waals surface area contributed by atoms with Gasteiger partial charge in [0.2, 0.25) is 0 Å². The van der Waals surface area contributed by atoms with E-state index >= 15 is 0 Å². The zero-order valence-electron chi connectivity index (χ0n) is 11.0. The fourth-order valence-corrected chi connectivity index (χ4v) is 1.95. The van der Waals surface area contributed by atoms with Crippen molar-refractivity contribution < 1.29 is 19.6 Å². The topological polar surface area (TPSA) is 106 Å². The summed E-state index contributed by atoms with van der Waals surface area (Å²) >= 11 is 0. The van der Waals surface area contributed by atoms with Gasteiger partial charge in [-0.15, -0.1) is 0 Å². The van der Waals surface area contributed by atoms with Gasteiger partial charge in [0.1, 0.15) is 5.69 Å². The second-order valence-electron chi connectivity index (χ2n) is 4.85. The van der Waals surface area contributed by atoms with Crippen molar-refractivity contribution in [3.63, 3.8) is 0 Å². The predicted octanol–water partition coefficient (Wildman–Crippen LogP) is 1.28. The van der Waals surface area contributed by atoms with Crippen LogP contribution >= 0.6 is 0 Å². The third-order valence-corrected chi connectivity index (χ3v) is 3.21. The average Bonchev–Trinajstić information content (AvgIpc) is 3.13. The highest BCUT2D eigenvalue weighted by molar-refractivity contribution is 5.93. The average molecular weight is 281 g/mol. The standard InChI is InChI=1S/C12H15N3O5/c1-13(5-4-11(16)17)12(18)10-6-9(15(19)20)7-14(10)8-2-3-8/h6-8H,2-5H2,1H3,(H,16,17). The van der Waals surface area contributed by atoms with Gasteiger partial charge >= 0.3 is 5.97 Å². The van der Waals surface area contributed by atoms with Crippen LogP contribution in [0.1, 0.15) is 35.8 Å². The molecule has 1 amide bonds. The number of rotatable bonds is 6. The van der Waals surface area contributed by atoms with Crippen molar-refractivity contribution >= 4 is 17.6 Å². The van der Waals surface area contributed by atoms with Crippen LogP contribution in [0, 0.1) is 10.1 Å². The Hall–Kier alpha value is -2.38. The second kappa shape index (κ2) is 5.32. The Kier molecular flexibility index (Phi) is 3.73. The molecule has 1 heterocycles. The summed E-state index contributed by atoms with van der Waals surface area (Å²) in [5, 5.41) is 19.4. The van der Waals surface area contributed by atoms with Gasteiger partial charge in [-0.05, 0) is 12.8 Å². The number of hydrogen-bond acceptors (Lipinski definition) is 4. The Labute approximate surface area is 114 Å². The smallest absolute Gasteiger partial charge is 0.305 e. The number of amides is 1. The molecule has 0 radical (unpaired) electrons. The van der Waals surface area contributed by atoms with Crippen LogP contribution in [0.3, 0.4) is 0 Å². The van der Waals surface area contributed by atoms with Crippen molar-refractivity contribution in [1.82, 2.24) is 9.47 Å². The highest BCUT2D eigenvalue weighted by Gasteiger charge is 2.31. The van der Waals surface area contributed by atoms with Crippen LogP contribution in [0.5, 0.6) is 0 Å². The maximum absolute atomic E-state index is 12.2. The van der Waals surface area contributed by atoms with Crippen LogP contribution in [0.2, 0.25) is 0 Å². The molecule has 0 spiro atoms. The van der Waals surface area contributed by atoms with Gasteiger partial charge in [-0.25, -0.2) is 0 Å². The molecule has 0 saturated heterocycles. The maximum Gasteiger partial charge on any atom is 0.305 e. The molecule has 8 heteroatoms. The lowest BCUT2D eigenvalue weighted by Crippen LogP contribution is -2.30. The van der Waals surface area contributed by atoms with Gasteiger partial charge < -0.3 is 14.6 Å². The van der Waals surface area contributed by atoms with Gasteiger partial charge in [-0.1, -0.05) is 0 Å². The van der Waals surface area contributed by atoms with Crippen LogP contribution in [0.4, 0.5) is 5.69 Å². The molecule has 0 aromatic carbocycles. The summed E-state index contributed by atoms with van der Waals surface area (Å²) in [6.07, 6.45) is 3.00. The fourth-order valence-electron chi connectivity index (χ4n) is 1.95. The van der Waals surface area contributed by atoms with E-state index in [0.29, 0.717) is 0 Å². The van der Waals surface area contributed by atoms with E-state index in [4.69, 9.17) is 5.11 Å². The summed E-state index contributed by atoms with van der Waals surface area (Å²) in [5.74, 6) is -1.39. The van der Waals surface area contributed by atoms with Gasteiger partial charge in [0.25, 0.3) is 11.6 Å². The van der Waals surface area contributed by atoms with E-state index in [0.717, 1.165) is 12.8 Å². The van der Waals surface area contributed by atoms with Crippen LogP contribution in [-0.2, 0) is 4.79 Å². The molecule has 20 heavy (non-hydrogen) atoms. The second-order valence-corrected chi connectivity index (χ2v) is 4.85. The lowest BCUT2D eigenvalue weighted by atomic mass is 10.3. The molecule has 1 aliphatic carbocycles. The monoisotopic (exact) mass is 281 g/mol. The van der Waals surface area contributed by atoms with E-state index in [1.807, 2.05) is 0 Å². The van der Waals surface area contributed by atoms with Crippen molar-refractivity contribution in [3.8, 4) is 0 Å². The van der Waals surface area contributed by atoms with Gasteiger partial charge in [0.05, 0.1) is 17.5 Å². The quantitative estimate of drug-likeness (QED) is 0.624. The first-order valence-corrected chi connectivity index (χ1v) is 6.23. The Balaban J connectivity index is 2.19. The first-order valence-electron chi connectivity index (χ1n) is 6.23. The van der Waals surface area contributed by atoms with Crippen LogP contribution in [0.15, 0.2) is 12.3 Å². The molecule has 1 aromatic rings. The third-order valence-electron chi connectivity index (χ3n) is 3.21. The third kappa shape index (κ3) is 2.95. The summed E-state index contributed by atoms with van der Waals surface area (Å²) < 4.78 is 1.62. The predicted molar refractivity (Wildman–Crippen MR) is 68.6 cm³/mol. The Morgan fingerprint density at radius 2 is 2.20 bits per heavy atom. The summed E-state index contributed by atoms with van der Waals surface area (Å²) in [7, 11) is 1.49. The molecule has 8 nitrogen and oxygen atoms in total. The lowest BCUT2D eigenvalue weighted by Gasteiger charge is -2.17. The molecular weight excluding hydrogens is 266 g/mol. The van der Waals surface area contributed by atoms with E-state index in [9.17, 15) is 19.7 Å². The van der Waals surface area contributed by atoms with Crippen LogP contribution in [0.25, 0.3) is 0 Å². The van der Waals surface area contributed by atoms with Crippen molar-refractivity contribution in [2.24, 2.45) is 0 Å². The van der Waals surface area contributed by atoms with Crippen molar-refractivity contribution in [2.75, 3.05) is 13.6 Å². The molecule has 0 aliphatic heterocycles. The minimum atomic E-state index is -0.992. The van der Waals surface area contributed by atoms with E-state index in [1.165, 1.54) is 24.2 Å². The number of aromatic nitrogens is 1. The van der Waals surface area contributed by atoms with Crippen molar-refractivity contribution in [2.45, 2.75) is 25.3 Å². The molecule has 1 saturated carbocycles. The molecule has 1 N–H and O–H groups in total. The normalized spacial score (nSPS) is 14.1. The molecule has 108 valence electrons. The minimum Gasteiger partial charge on any atom is -0.481 e. The SMILES string of the molecule is CN(CCC(=O)O)C(=O)c1cc([N+](=O)[O-])cn1C1CC1. The highest BCUT2D eigenvalue weighted by Crippen LogP contribution is 2.38. The fraction of sp³-hybridized carbons (Fsp3) is 0.500. The molecule has 0 bridgehead atoms. The molecule has 1 fully saturated rings. The first-order chi connectivity index (χ1) is 9.40. The molecule has 2 rings (SSSR count). The highest BCUT2D eigenvalue weighted by atomic mass is 16.6. The van der Waals surface area contributed by atoms with Crippen molar-refractivity contribution in [3.05, 3.63) is 28.1 Å². The van der Waals surface area contributed by atoms with Gasteiger partial charge in [0, 0.05) is 25.7 Å². The summed E-state index contributed by atoms with van der Waals surface area (Å²) in [6.45, 7) is 0.0673. The van der Waals surface area contributed by atoms with Crippen LogP contribution < -0.4 is 0 Å². The summed E-state index contributed by atoms with van der Waals surface area (Å²) in [5.41, 5.74) is 0.124. The number of carboxylic acid groups (broad SMARTS) is 1. The number of carbonyl (C=O) groups excluding carboxylic acids is 1. The summed E-state index contributed by atoms with van der Waals surface area (Å²) in [4.78, 5) is 34.3. The Morgan fingerprint density at radius 1 is 1.55 bits per heavy atom. The van der Waals surface area contributed by atoms with E-state index < -0.39 is 16.8 Å². The number of carboxylic acids is 1. The van der Waals surface area contributed by atoms with Crippen molar-refractivity contribution in [1.29, 1.82) is 0 Å². The zero-order chi connectivity index (χ0) is 14.9. The van der Waals surface area contributed by atoms with E-state index in [2.05, 4.69) is 0 Å². The summed E-state index contributed by atoms with van der Waals surface area (Å²) in [6, 6.07) is 1.38. The van der Waals surface area contributed by atoms with Crippen LogP contribution in [-0.4, -0.2) is 45.0 Å². The maximum atomic E-state index is 12.2.